The van der Waals surface area contributed by atoms with Crippen molar-refractivity contribution in [3.63, 3.8) is 0 Å². The SMILES string of the molecule is CCC(C)(C(N)=O)N1CCN(Cc2cc3nc(Cl)nc(N4CCOCC4)c3s2)CC1. The zero-order valence-corrected chi connectivity index (χ0v) is 19.1. The third kappa shape index (κ3) is 4.27. The molecule has 2 aromatic heterocycles. The van der Waals surface area contributed by atoms with E-state index < -0.39 is 5.54 Å². The monoisotopic (exact) mass is 452 g/mol. The zero-order chi connectivity index (χ0) is 21.3. The summed E-state index contributed by atoms with van der Waals surface area (Å²) in [7, 11) is 0. The Labute approximate surface area is 185 Å². The van der Waals surface area contributed by atoms with Crippen molar-refractivity contribution in [2.45, 2.75) is 32.4 Å². The topological polar surface area (TPSA) is 87.8 Å². The molecular weight excluding hydrogens is 424 g/mol. The van der Waals surface area contributed by atoms with Gasteiger partial charge in [-0.1, -0.05) is 6.92 Å². The Morgan fingerprint density at radius 3 is 2.57 bits per heavy atom. The van der Waals surface area contributed by atoms with Gasteiger partial charge in [-0.3, -0.25) is 14.6 Å². The molecule has 8 nitrogen and oxygen atoms in total. The smallest absolute Gasteiger partial charge is 0.237 e. The average molecular weight is 453 g/mol. The van der Waals surface area contributed by atoms with Crippen LogP contribution in [-0.2, 0) is 16.1 Å². The van der Waals surface area contributed by atoms with Gasteiger partial charge in [0.15, 0.2) is 5.82 Å². The third-order valence-electron chi connectivity index (χ3n) is 6.36. The number of anilines is 1. The largest absolute Gasteiger partial charge is 0.378 e. The fraction of sp³-hybridized carbons (Fsp3) is 0.650. The molecule has 2 aliphatic heterocycles. The summed E-state index contributed by atoms with van der Waals surface area (Å²) >= 11 is 7.95. The highest BCUT2D eigenvalue weighted by atomic mass is 35.5. The van der Waals surface area contributed by atoms with Gasteiger partial charge in [0.25, 0.3) is 0 Å². The number of primary amides is 1. The van der Waals surface area contributed by atoms with Crippen LogP contribution in [-0.4, -0.2) is 83.7 Å². The molecule has 2 saturated heterocycles. The van der Waals surface area contributed by atoms with Gasteiger partial charge in [-0.05, 0) is 31.0 Å². The van der Waals surface area contributed by atoms with Crippen LogP contribution in [0.1, 0.15) is 25.1 Å². The van der Waals surface area contributed by atoms with Gasteiger partial charge in [0.05, 0.1) is 29.0 Å². The molecule has 2 aromatic rings. The van der Waals surface area contributed by atoms with E-state index >= 15 is 0 Å². The van der Waals surface area contributed by atoms with E-state index in [0.29, 0.717) is 13.2 Å². The highest BCUT2D eigenvalue weighted by Gasteiger charge is 2.37. The number of carbonyl (C=O) groups is 1. The lowest BCUT2D eigenvalue weighted by atomic mass is 9.94. The summed E-state index contributed by atoms with van der Waals surface area (Å²) in [5.74, 6) is 0.670. The van der Waals surface area contributed by atoms with Crippen LogP contribution in [0.5, 0.6) is 0 Å². The van der Waals surface area contributed by atoms with Crippen LogP contribution in [0, 0.1) is 0 Å². The van der Waals surface area contributed by atoms with Crippen molar-refractivity contribution in [1.82, 2.24) is 19.8 Å². The number of nitrogens with zero attached hydrogens (tertiary/aromatic N) is 5. The van der Waals surface area contributed by atoms with E-state index in [1.165, 1.54) is 4.88 Å². The minimum atomic E-state index is -0.566. The molecule has 0 saturated carbocycles. The highest BCUT2D eigenvalue weighted by molar-refractivity contribution is 7.19. The van der Waals surface area contributed by atoms with Crippen molar-refractivity contribution >= 4 is 44.9 Å². The summed E-state index contributed by atoms with van der Waals surface area (Å²) in [6, 6.07) is 2.13. The number of piperazine rings is 1. The molecule has 0 radical (unpaired) electrons. The normalized spacial score (nSPS) is 21.1. The van der Waals surface area contributed by atoms with E-state index in [1.54, 1.807) is 11.3 Å². The molecule has 2 aliphatic rings. The molecular formula is C20H29ClN6O2S. The van der Waals surface area contributed by atoms with Crippen LogP contribution in [0.3, 0.4) is 0 Å². The van der Waals surface area contributed by atoms with Crippen LogP contribution in [0.4, 0.5) is 5.82 Å². The predicted octanol–water partition coefficient (Wildman–Crippen LogP) is 1.95. The van der Waals surface area contributed by atoms with E-state index in [-0.39, 0.29) is 11.2 Å². The first-order chi connectivity index (χ1) is 14.4. The number of carbonyl (C=O) groups excluding carboxylic acids is 1. The van der Waals surface area contributed by atoms with Crippen LogP contribution < -0.4 is 10.6 Å². The number of thiophene rings is 1. The zero-order valence-electron chi connectivity index (χ0n) is 17.6. The van der Waals surface area contributed by atoms with Gasteiger partial charge < -0.3 is 15.4 Å². The Balaban J connectivity index is 1.47. The van der Waals surface area contributed by atoms with Gasteiger partial charge in [0, 0.05) is 50.7 Å². The van der Waals surface area contributed by atoms with E-state index in [9.17, 15) is 4.79 Å². The molecule has 2 fully saturated rings. The molecule has 0 aliphatic carbocycles. The summed E-state index contributed by atoms with van der Waals surface area (Å²) in [5.41, 5.74) is 6.01. The Morgan fingerprint density at radius 2 is 1.93 bits per heavy atom. The van der Waals surface area contributed by atoms with Crippen molar-refractivity contribution in [2.24, 2.45) is 5.73 Å². The first kappa shape index (κ1) is 21.7. The van der Waals surface area contributed by atoms with Crippen LogP contribution in [0.25, 0.3) is 10.2 Å². The number of rotatable bonds is 6. The fourth-order valence-electron chi connectivity index (χ4n) is 4.18. The Morgan fingerprint density at radius 1 is 1.23 bits per heavy atom. The summed E-state index contributed by atoms with van der Waals surface area (Å²) in [6.07, 6.45) is 0.725. The Hall–Kier alpha value is -1.52. The second-order valence-corrected chi connectivity index (χ2v) is 9.57. The number of aromatic nitrogens is 2. The van der Waals surface area contributed by atoms with Gasteiger partial charge in [-0.25, -0.2) is 4.98 Å². The van der Waals surface area contributed by atoms with Gasteiger partial charge in [0.1, 0.15) is 0 Å². The van der Waals surface area contributed by atoms with Crippen molar-refractivity contribution in [1.29, 1.82) is 0 Å². The maximum Gasteiger partial charge on any atom is 0.237 e. The molecule has 4 rings (SSSR count). The molecule has 1 atom stereocenters. The lowest BCUT2D eigenvalue weighted by Crippen LogP contribution is -2.60. The number of nitrogens with two attached hydrogens (primary N) is 1. The van der Waals surface area contributed by atoms with Gasteiger partial charge >= 0.3 is 0 Å². The summed E-state index contributed by atoms with van der Waals surface area (Å²) in [5, 5.41) is 0.284. The lowest BCUT2D eigenvalue weighted by Gasteiger charge is -2.43. The number of morpholine rings is 1. The van der Waals surface area contributed by atoms with Gasteiger partial charge in [0.2, 0.25) is 11.2 Å². The number of hydrogen-bond donors (Lipinski definition) is 1. The van der Waals surface area contributed by atoms with E-state index in [1.807, 2.05) is 13.8 Å². The predicted molar refractivity (Wildman–Crippen MR) is 120 cm³/mol. The molecule has 164 valence electrons. The number of halogens is 1. The van der Waals surface area contributed by atoms with Crippen LogP contribution in [0.15, 0.2) is 6.07 Å². The Kier molecular flexibility index (Phi) is 6.45. The minimum absolute atomic E-state index is 0.242. The minimum Gasteiger partial charge on any atom is -0.378 e. The molecule has 30 heavy (non-hydrogen) atoms. The van der Waals surface area contributed by atoms with Crippen LogP contribution >= 0.6 is 22.9 Å². The number of fused-ring (bicyclic) bond motifs is 1. The standard InChI is InChI=1S/C20H29ClN6O2S/c1-3-20(2,18(22)28)27-6-4-25(5-7-27)13-14-12-15-16(30-14)17(24-19(21)23-15)26-8-10-29-11-9-26/h12H,3-11,13H2,1-2H3,(H2,22,28). The van der Waals surface area contributed by atoms with Crippen LogP contribution in [0.2, 0.25) is 5.28 Å². The molecule has 0 aromatic carbocycles. The first-order valence-electron chi connectivity index (χ1n) is 10.5. The van der Waals surface area contributed by atoms with Crippen molar-refractivity contribution in [3.8, 4) is 0 Å². The second-order valence-electron chi connectivity index (χ2n) is 8.10. The maximum absolute atomic E-state index is 11.9. The molecule has 0 spiro atoms. The van der Waals surface area contributed by atoms with E-state index in [4.69, 9.17) is 22.1 Å². The van der Waals surface area contributed by atoms with Gasteiger partial charge in [-0.2, -0.15) is 4.98 Å². The third-order valence-corrected chi connectivity index (χ3v) is 7.63. The molecule has 4 heterocycles. The van der Waals surface area contributed by atoms with Gasteiger partial charge in [-0.15, -0.1) is 11.3 Å². The fourth-order valence-corrected chi connectivity index (χ4v) is 5.50. The van der Waals surface area contributed by atoms with E-state index in [0.717, 1.165) is 68.3 Å². The van der Waals surface area contributed by atoms with E-state index in [2.05, 4.69) is 30.7 Å². The number of ether oxygens (including phenoxy) is 1. The second kappa shape index (κ2) is 8.92. The summed E-state index contributed by atoms with van der Waals surface area (Å²) < 4.78 is 6.56. The summed E-state index contributed by atoms with van der Waals surface area (Å²) in [4.78, 5) is 29.0. The average Bonchev–Trinajstić information content (AvgIpc) is 3.15. The quantitative estimate of drug-likeness (QED) is 0.670. The number of hydrogen-bond acceptors (Lipinski definition) is 8. The molecule has 2 N–H and O–H groups in total. The Bertz CT molecular complexity index is 910. The first-order valence-corrected chi connectivity index (χ1v) is 11.7. The molecule has 0 bridgehead atoms. The van der Waals surface area contributed by atoms with Crippen molar-refractivity contribution < 1.29 is 9.53 Å². The molecule has 1 unspecified atom stereocenters. The van der Waals surface area contributed by atoms with Crippen molar-refractivity contribution in [3.05, 3.63) is 16.2 Å². The summed E-state index contributed by atoms with van der Waals surface area (Å²) in [6.45, 7) is 11.3. The molecule has 10 heteroatoms. The highest BCUT2D eigenvalue weighted by Crippen LogP contribution is 2.34. The maximum atomic E-state index is 11.9. The molecule has 1 amide bonds. The number of amides is 1. The van der Waals surface area contributed by atoms with Crippen molar-refractivity contribution in [2.75, 3.05) is 57.4 Å². The lowest BCUT2D eigenvalue weighted by molar-refractivity contribution is -0.131.